The molecule has 1 aromatic rings. The first kappa shape index (κ1) is 10.8. The number of benzene rings is 1. The predicted octanol–water partition coefficient (Wildman–Crippen LogP) is 3.48. The Hall–Kier alpha value is -1.32. The highest BCUT2D eigenvalue weighted by atomic mass is 19.4. The minimum absolute atomic E-state index is 0.0120. The van der Waals surface area contributed by atoms with Crippen molar-refractivity contribution in [3.8, 4) is 0 Å². The van der Waals surface area contributed by atoms with Crippen molar-refractivity contribution >= 4 is 5.71 Å². The zero-order valence-electron chi connectivity index (χ0n) is 7.65. The van der Waals surface area contributed by atoms with E-state index in [2.05, 4.69) is 0 Å². The topological polar surface area (TPSA) is 23.9 Å². The smallest absolute Gasteiger partial charge is 0.305 e. The Morgan fingerprint density at radius 1 is 1.29 bits per heavy atom. The maximum absolute atomic E-state index is 12.4. The van der Waals surface area contributed by atoms with E-state index in [1.54, 1.807) is 6.92 Å². The molecule has 0 aromatic heterocycles. The van der Waals surface area contributed by atoms with Gasteiger partial charge < -0.3 is 5.41 Å². The van der Waals surface area contributed by atoms with Crippen molar-refractivity contribution in [2.75, 3.05) is 0 Å². The summed E-state index contributed by atoms with van der Waals surface area (Å²) in [5.74, 6) is 0. The second kappa shape index (κ2) is 3.82. The summed E-state index contributed by atoms with van der Waals surface area (Å²) in [6.45, 7) is 1.66. The summed E-state index contributed by atoms with van der Waals surface area (Å²) in [6, 6.07) is 5.16. The molecule has 14 heavy (non-hydrogen) atoms. The van der Waals surface area contributed by atoms with Gasteiger partial charge in [0.05, 0.1) is 5.56 Å². The van der Waals surface area contributed by atoms with Crippen LogP contribution in [-0.2, 0) is 6.18 Å². The molecule has 1 rings (SSSR count). The third-order valence-electron chi connectivity index (χ3n) is 1.91. The minimum atomic E-state index is -4.38. The molecule has 0 aliphatic rings. The maximum Gasteiger partial charge on any atom is 0.417 e. The molecule has 0 unspecified atom stereocenters. The largest absolute Gasteiger partial charge is 0.417 e. The van der Waals surface area contributed by atoms with E-state index in [1.165, 1.54) is 18.2 Å². The molecule has 1 aromatic carbocycles. The van der Waals surface area contributed by atoms with Crippen LogP contribution in [0.15, 0.2) is 24.3 Å². The van der Waals surface area contributed by atoms with Crippen LogP contribution >= 0.6 is 0 Å². The molecule has 0 fully saturated rings. The van der Waals surface area contributed by atoms with Gasteiger partial charge in [-0.3, -0.25) is 0 Å². The molecule has 0 saturated carbocycles. The van der Waals surface area contributed by atoms with Crippen molar-refractivity contribution in [1.29, 1.82) is 5.41 Å². The zero-order chi connectivity index (χ0) is 10.8. The molecule has 0 amide bonds. The Labute approximate surface area is 80.1 Å². The lowest BCUT2D eigenvalue weighted by atomic mass is 10.0. The SMILES string of the molecule is CCC(=N)c1ccccc1C(F)(F)F. The average molecular weight is 201 g/mol. The second-order valence-electron chi connectivity index (χ2n) is 2.88. The van der Waals surface area contributed by atoms with Crippen LogP contribution in [0.1, 0.15) is 24.5 Å². The van der Waals surface area contributed by atoms with Crippen LogP contribution in [0.4, 0.5) is 13.2 Å². The molecule has 1 nitrogen and oxygen atoms in total. The first-order valence-electron chi connectivity index (χ1n) is 4.20. The minimum Gasteiger partial charge on any atom is -0.305 e. The van der Waals surface area contributed by atoms with Crippen LogP contribution in [0.25, 0.3) is 0 Å². The maximum atomic E-state index is 12.4. The number of halogens is 3. The lowest BCUT2D eigenvalue weighted by molar-refractivity contribution is -0.137. The van der Waals surface area contributed by atoms with Gasteiger partial charge in [0.15, 0.2) is 0 Å². The third-order valence-corrected chi connectivity index (χ3v) is 1.91. The van der Waals surface area contributed by atoms with Gasteiger partial charge in [-0.1, -0.05) is 25.1 Å². The molecule has 0 heterocycles. The highest BCUT2D eigenvalue weighted by molar-refractivity contribution is 5.99. The molecule has 0 aliphatic carbocycles. The van der Waals surface area contributed by atoms with Gasteiger partial charge >= 0.3 is 6.18 Å². The fourth-order valence-electron chi connectivity index (χ4n) is 1.18. The summed E-state index contributed by atoms with van der Waals surface area (Å²) in [7, 11) is 0. The lowest BCUT2D eigenvalue weighted by Gasteiger charge is -2.12. The van der Waals surface area contributed by atoms with E-state index in [0.717, 1.165) is 6.07 Å². The summed E-state index contributed by atoms with van der Waals surface area (Å²) in [5, 5.41) is 7.40. The van der Waals surface area contributed by atoms with Crippen LogP contribution in [-0.4, -0.2) is 5.71 Å². The van der Waals surface area contributed by atoms with E-state index in [4.69, 9.17) is 5.41 Å². The van der Waals surface area contributed by atoms with E-state index >= 15 is 0 Å². The molecule has 76 valence electrons. The summed E-state index contributed by atoms with van der Waals surface area (Å²) >= 11 is 0. The number of hydrogen-bond acceptors (Lipinski definition) is 1. The third kappa shape index (κ3) is 2.13. The summed E-state index contributed by atoms with van der Waals surface area (Å²) in [6.07, 6.45) is -4.08. The molecule has 0 atom stereocenters. The van der Waals surface area contributed by atoms with E-state index in [1.807, 2.05) is 0 Å². The average Bonchev–Trinajstić information content (AvgIpc) is 2.15. The van der Waals surface area contributed by atoms with Gasteiger partial charge in [-0.2, -0.15) is 13.2 Å². The Kier molecular flexibility index (Phi) is 2.93. The van der Waals surface area contributed by atoms with Gasteiger partial charge in [-0.05, 0) is 12.5 Å². The first-order chi connectivity index (χ1) is 6.46. The van der Waals surface area contributed by atoms with Gasteiger partial charge in [-0.15, -0.1) is 0 Å². The summed E-state index contributed by atoms with van der Waals surface area (Å²) in [4.78, 5) is 0. The fourth-order valence-corrected chi connectivity index (χ4v) is 1.18. The highest BCUT2D eigenvalue weighted by Crippen LogP contribution is 2.32. The number of nitrogens with one attached hydrogen (secondary N) is 1. The highest BCUT2D eigenvalue weighted by Gasteiger charge is 2.33. The van der Waals surface area contributed by atoms with Crippen LogP contribution < -0.4 is 0 Å². The Morgan fingerprint density at radius 3 is 2.36 bits per heavy atom. The Balaban J connectivity index is 3.23. The van der Waals surface area contributed by atoms with Gasteiger partial charge in [0.1, 0.15) is 0 Å². The predicted molar refractivity (Wildman–Crippen MR) is 48.6 cm³/mol. The molecule has 1 N–H and O–H groups in total. The van der Waals surface area contributed by atoms with Crippen LogP contribution in [0.5, 0.6) is 0 Å². The lowest BCUT2D eigenvalue weighted by Crippen LogP contribution is -2.12. The zero-order valence-corrected chi connectivity index (χ0v) is 7.65. The second-order valence-corrected chi connectivity index (χ2v) is 2.88. The van der Waals surface area contributed by atoms with Crippen molar-refractivity contribution < 1.29 is 13.2 Å². The molecule has 0 aliphatic heterocycles. The van der Waals surface area contributed by atoms with Gasteiger partial charge in [0.25, 0.3) is 0 Å². The molecule has 0 spiro atoms. The quantitative estimate of drug-likeness (QED) is 0.708. The molecule has 0 bridgehead atoms. The van der Waals surface area contributed by atoms with E-state index in [9.17, 15) is 13.2 Å². The van der Waals surface area contributed by atoms with E-state index in [0.29, 0.717) is 6.42 Å². The van der Waals surface area contributed by atoms with Crippen LogP contribution in [0.2, 0.25) is 0 Å². The van der Waals surface area contributed by atoms with E-state index < -0.39 is 11.7 Å². The van der Waals surface area contributed by atoms with Crippen molar-refractivity contribution in [2.45, 2.75) is 19.5 Å². The molecular formula is C10H10F3N. The summed E-state index contributed by atoms with van der Waals surface area (Å²) in [5.41, 5.74) is -0.743. The van der Waals surface area contributed by atoms with Crippen molar-refractivity contribution in [3.63, 3.8) is 0 Å². The summed E-state index contributed by atoms with van der Waals surface area (Å²) < 4.78 is 37.3. The normalized spacial score (nSPS) is 11.4. The standard InChI is InChI=1S/C10H10F3N/c1-2-9(14)7-5-3-4-6-8(7)10(11,12)13/h3-6,14H,2H2,1H3. The Bertz CT molecular complexity index is 341. The number of rotatable bonds is 2. The van der Waals surface area contributed by atoms with Crippen molar-refractivity contribution in [2.24, 2.45) is 0 Å². The van der Waals surface area contributed by atoms with Gasteiger partial charge in [0.2, 0.25) is 0 Å². The Morgan fingerprint density at radius 2 is 1.86 bits per heavy atom. The van der Waals surface area contributed by atoms with E-state index in [-0.39, 0.29) is 11.3 Å². The molecule has 4 heteroatoms. The van der Waals surface area contributed by atoms with Gasteiger partial charge in [0, 0.05) is 11.3 Å². The van der Waals surface area contributed by atoms with Crippen molar-refractivity contribution in [1.82, 2.24) is 0 Å². The number of alkyl halides is 3. The van der Waals surface area contributed by atoms with Crippen molar-refractivity contribution in [3.05, 3.63) is 35.4 Å². The van der Waals surface area contributed by atoms with Crippen LogP contribution in [0, 0.1) is 5.41 Å². The number of hydrogen-bond donors (Lipinski definition) is 1. The molecule has 0 radical (unpaired) electrons. The first-order valence-corrected chi connectivity index (χ1v) is 4.20. The molecule has 0 saturated heterocycles. The fraction of sp³-hybridized carbons (Fsp3) is 0.300. The monoisotopic (exact) mass is 201 g/mol. The molecular weight excluding hydrogens is 191 g/mol. The van der Waals surface area contributed by atoms with Gasteiger partial charge in [-0.25, -0.2) is 0 Å². The van der Waals surface area contributed by atoms with Crippen LogP contribution in [0.3, 0.4) is 0 Å².